The number of fused-ring (bicyclic) bond motifs is 2. The number of hydrogen-bond donors (Lipinski definition) is 0. The summed E-state index contributed by atoms with van der Waals surface area (Å²) in [6.07, 6.45) is 0. The fourth-order valence-electron chi connectivity index (χ4n) is 9.01. The van der Waals surface area contributed by atoms with Crippen LogP contribution in [0.5, 0.6) is 0 Å². The molecule has 8 rings (SSSR count). The minimum Gasteiger partial charge on any atom is -0.0614 e. The van der Waals surface area contributed by atoms with Crippen LogP contribution in [0, 0.1) is 0 Å². The molecule has 0 unspecified atom stereocenters. The summed E-state index contributed by atoms with van der Waals surface area (Å²) in [4.78, 5) is 0. The Bertz CT molecular complexity index is 2940. The molecule has 0 radical (unpaired) electrons. The molecule has 0 heterocycles. The van der Waals surface area contributed by atoms with Gasteiger partial charge in [-0.1, -0.05) is 336 Å². The molecule has 0 bridgehead atoms. The monoisotopic (exact) mass is 1200 g/mol. The molecule has 0 aromatic heterocycles. The standard InChI is InChI=1S/2C20H26.2C18H24.W/c1-19(2,3)17-11-7-15(8-12-17)16-9-13-18(14-10-16)20(4,5)6;1-19(2,3)17-11-7-9-15(13-17)16-10-8-12-18(14-16)20(4,5)6;1-17(2,3)15-9-7-14-12-16(18(4,5)6)10-8-13(14)11-15;1-17(2,3)15-9-7-13-8-10-16(18(4,5)6)12-14(13)11-15;/h2*7-14H,1-6H3;2*7-12H,1-6H3;. The van der Waals surface area contributed by atoms with Crippen LogP contribution in [-0.4, -0.2) is 0 Å². The van der Waals surface area contributed by atoms with Crippen LogP contribution in [0.2, 0.25) is 0 Å². The molecule has 0 spiro atoms. The molecule has 8 aromatic rings. The molecular formula is C76H100W. The normalized spacial score (nSPS) is 12.6. The molecule has 0 aliphatic heterocycles. The molecule has 0 amide bonds. The second-order valence-electron chi connectivity index (χ2n) is 29.9. The molecule has 0 fully saturated rings. The first-order valence-electron chi connectivity index (χ1n) is 28.2. The van der Waals surface area contributed by atoms with Gasteiger partial charge in [0.05, 0.1) is 0 Å². The molecule has 0 saturated heterocycles. The van der Waals surface area contributed by atoms with Gasteiger partial charge < -0.3 is 0 Å². The van der Waals surface area contributed by atoms with Crippen molar-refractivity contribution in [1.82, 2.24) is 0 Å². The second kappa shape index (κ2) is 24.5. The Labute approximate surface area is 485 Å². The van der Waals surface area contributed by atoms with Crippen molar-refractivity contribution in [2.75, 3.05) is 0 Å². The maximum atomic E-state index is 2.34. The predicted molar refractivity (Wildman–Crippen MR) is 341 cm³/mol. The summed E-state index contributed by atoms with van der Waals surface area (Å²) in [5, 5.41) is 5.37. The molecule has 0 N–H and O–H groups in total. The zero-order chi connectivity index (χ0) is 57.0. The van der Waals surface area contributed by atoms with E-state index < -0.39 is 0 Å². The van der Waals surface area contributed by atoms with Crippen molar-refractivity contribution in [2.24, 2.45) is 0 Å². The van der Waals surface area contributed by atoms with E-state index in [-0.39, 0.29) is 64.4 Å². The third-order valence-corrected chi connectivity index (χ3v) is 14.8. The van der Waals surface area contributed by atoms with Crippen LogP contribution in [0.25, 0.3) is 43.8 Å². The van der Waals surface area contributed by atoms with Gasteiger partial charge in [-0.05, 0) is 132 Å². The van der Waals surface area contributed by atoms with Crippen LogP contribution in [0.15, 0.2) is 170 Å². The van der Waals surface area contributed by atoms with E-state index in [0.717, 1.165) is 0 Å². The van der Waals surface area contributed by atoms with E-state index in [1.165, 1.54) is 88.3 Å². The zero-order valence-corrected chi connectivity index (χ0v) is 55.5. The van der Waals surface area contributed by atoms with Crippen molar-refractivity contribution in [3.05, 3.63) is 214 Å². The maximum absolute atomic E-state index is 2.34. The quantitative estimate of drug-likeness (QED) is 0.162. The van der Waals surface area contributed by atoms with Crippen molar-refractivity contribution in [3.63, 3.8) is 0 Å². The summed E-state index contributed by atoms with van der Waals surface area (Å²) >= 11 is 0. The predicted octanol–water partition coefficient (Wildman–Crippen LogP) is 22.8. The van der Waals surface area contributed by atoms with E-state index in [1.807, 2.05) is 0 Å². The van der Waals surface area contributed by atoms with Gasteiger partial charge in [0.25, 0.3) is 0 Å². The summed E-state index contributed by atoms with van der Waals surface area (Å²) in [7, 11) is 0. The maximum Gasteiger partial charge on any atom is 0 e. The molecule has 410 valence electrons. The minimum atomic E-state index is 0. The Hall–Kier alpha value is -5.03. The Morgan fingerprint density at radius 2 is 0.377 bits per heavy atom. The van der Waals surface area contributed by atoms with Crippen molar-refractivity contribution in [3.8, 4) is 22.3 Å². The van der Waals surface area contributed by atoms with Crippen LogP contribution >= 0.6 is 0 Å². The minimum absolute atomic E-state index is 0. The number of hydrogen-bond acceptors (Lipinski definition) is 0. The largest absolute Gasteiger partial charge is 0.0614 e. The molecule has 1 heteroatoms. The Balaban J connectivity index is 0.000000221. The van der Waals surface area contributed by atoms with Crippen LogP contribution < -0.4 is 0 Å². The topological polar surface area (TPSA) is 0 Å². The third-order valence-electron chi connectivity index (χ3n) is 14.8. The summed E-state index contributed by atoms with van der Waals surface area (Å²) in [6, 6.07) is 63.0. The van der Waals surface area contributed by atoms with Crippen LogP contribution in [-0.2, 0) is 64.4 Å². The van der Waals surface area contributed by atoms with Gasteiger partial charge in [-0.2, -0.15) is 0 Å². The van der Waals surface area contributed by atoms with Gasteiger partial charge in [-0.25, -0.2) is 0 Å². The molecule has 0 nitrogen and oxygen atoms in total. The Morgan fingerprint density at radius 1 is 0.169 bits per heavy atom. The van der Waals surface area contributed by atoms with Gasteiger partial charge in [0.15, 0.2) is 0 Å². The van der Waals surface area contributed by atoms with Gasteiger partial charge >= 0.3 is 0 Å². The molecule has 0 aliphatic carbocycles. The van der Waals surface area contributed by atoms with Crippen LogP contribution in [0.1, 0.15) is 211 Å². The van der Waals surface area contributed by atoms with Gasteiger partial charge in [-0.15, -0.1) is 0 Å². The summed E-state index contributed by atoms with van der Waals surface area (Å²) in [6.45, 7) is 54.2. The molecule has 0 saturated carbocycles. The smallest absolute Gasteiger partial charge is 0 e. The second-order valence-corrected chi connectivity index (χ2v) is 29.9. The number of benzene rings is 8. The van der Waals surface area contributed by atoms with Gasteiger partial charge in [0.2, 0.25) is 0 Å². The van der Waals surface area contributed by atoms with Crippen molar-refractivity contribution >= 4 is 21.5 Å². The van der Waals surface area contributed by atoms with Crippen LogP contribution in [0.3, 0.4) is 0 Å². The molecular weight excluding hydrogens is 1100 g/mol. The first-order valence-corrected chi connectivity index (χ1v) is 28.2. The van der Waals surface area contributed by atoms with E-state index in [4.69, 9.17) is 0 Å². The third kappa shape index (κ3) is 18.5. The zero-order valence-electron chi connectivity index (χ0n) is 52.6. The van der Waals surface area contributed by atoms with E-state index in [0.29, 0.717) is 0 Å². The van der Waals surface area contributed by atoms with Crippen LogP contribution in [0.4, 0.5) is 0 Å². The molecule has 0 atom stereocenters. The van der Waals surface area contributed by atoms with Gasteiger partial charge in [-0.3, -0.25) is 0 Å². The summed E-state index contributed by atoms with van der Waals surface area (Å²) in [5.41, 5.74) is 18.0. The van der Waals surface area contributed by atoms with E-state index in [9.17, 15) is 0 Å². The molecule has 77 heavy (non-hydrogen) atoms. The first kappa shape index (κ1) is 64.5. The summed E-state index contributed by atoms with van der Waals surface area (Å²) in [5.74, 6) is 0. The first-order chi connectivity index (χ1) is 34.7. The fourth-order valence-corrected chi connectivity index (χ4v) is 9.01. The molecule has 8 aromatic carbocycles. The Morgan fingerprint density at radius 3 is 0.623 bits per heavy atom. The average Bonchev–Trinajstić information content (AvgIpc) is 3.32. The van der Waals surface area contributed by atoms with Crippen molar-refractivity contribution in [2.45, 2.75) is 209 Å². The fraction of sp³-hybridized carbons (Fsp3) is 0.421. The number of rotatable bonds is 2. The molecule has 0 aliphatic rings. The average molecular weight is 1200 g/mol. The van der Waals surface area contributed by atoms with E-state index in [1.54, 1.807) is 0 Å². The van der Waals surface area contributed by atoms with Crippen molar-refractivity contribution in [1.29, 1.82) is 0 Å². The van der Waals surface area contributed by atoms with E-state index >= 15 is 0 Å². The van der Waals surface area contributed by atoms with E-state index in [2.05, 4.69) is 336 Å². The Kier molecular flexibility index (Phi) is 20.6. The van der Waals surface area contributed by atoms with Gasteiger partial charge in [0, 0.05) is 21.1 Å². The SMILES string of the molecule is CC(C)(C)c1ccc(-c2ccc(C(C)(C)C)cc2)cc1.CC(C)(C)c1ccc2cc(C(C)(C)C)ccc2c1.CC(C)(C)c1ccc2ccc(C(C)(C)C)cc2c1.CC(C)(C)c1cccc(-c2cccc(C(C)(C)C)c2)c1.[W]. The summed E-state index contributed by atoms with van der Waals surface area (Å²) < 4.78 is 0. The van der Waals surface area contributed by atoms with Crippen molar-refractivity contribution < 1.29 is 21.1 Å². The van der Waals surface area contributed by atoms with Gasteiger partial charge in [0.1, 0.15) is 0 Å².